The Labute approximate surface area is 171 Å². The van der Waals surface area contributed by atoms with Crippen molar-refractivity contribution in [3.63, 3.8) is 0 Å². The number of hydrogen-bond donors (Lipinski definition) is 2. The summed E-state index contributed by atoms with van der Waals surface area (Å²) < 4.78 is 0. The molecule has 0 atom stereocenters. The molecule has 2 amide bonds. The number of hydrogen-bond acceptors (Lipinski definition) is 2. The molecule has 0 aliphatic heterocycles. The first-order valence-corrected chi connectivity index (χ1v) is 10.1. The van der Waals surface area contributed by atoms with Crippen LogP contribution in [0.15, 0.2) is 60.2 Å². The van der Waals surface area contributed by atoms with E-state index < -0.39 is 0 Å². The first-order chi connectivity index (χ1) is 13.6. The molecule has 3 rings (SSSR count). The molecule has 0 fully saturated rings. The van der Waals surface area contributed by atoms with Gasteiger partial charge in [-0.25, -0.2) is 0 Å². The molecule has 146 valence electrons. The Morgan fingerprint density at radius 1 is 0.893 bits per heavy atom. The van der Waals surface area contributed by atoms with Crippen LogP contribution in [0.5, 0.6) is 0 Å². The van der Waals surface area contributed by atoms with Gasteiger partial charge in [-0.1, -0.05) is 41.4 Å². The third kappa shape index (κ3) is 5.70. The van der Waals surface area contributed by atoms with Crippen LogP contribution in [-0.2, 0) is 6.54 Å². The van der Waals surface area contributed by atoms with Crippen molar-refractivity contribution in [1.82, 2.24) is 10.6 Å². The third-order valence-electron chi connectivity index (χ3n) is 4.92. The first kappa shape index (κ1) is 20.2. The summed E-state index contributed by atoms with van der Waals surface area (Å²) in [5.41, 5.74) is 3.37. The molecule has 0 heterocycles. The SMILES string of the molecule is O=C(NCCC1=CCCCC1)c1ccc(C(=O)NCc2ccccc2Cl)cc1. The Balaban J connectivity index is 1.48. The summed E-state index contributed by atoms with van der Waals surface area (Å²) in [5.74, 6) is -0.310. The summed E-state index contributed by atoms with van der Waals surface area (Å²) in [5, 5.41) is 6.42. The highest BCUT2D eigenvalue weighted by Gasteiger charge is 2.10. The van der Waals surface area contributed by atoms with Crippen LogP contribution >= 0.6 is 11.6 Å². The van der Waals surface area contributed by atoms with Gasteiger partial charge in [-0.15, -0.1) is 0 Å². The lowest BCUT2D eigenvalue weighted by Crippen LogP contribution is -2.25. The van der Waals surface area contributed by atoms with Gasteiger partial charge in [-0.3, -0.25) is 9.59 Å². The van der Waals surface area contributed by atoms with Crippen molar-refractivity contribution < 1.29 is 9.59 Å². The van der Waals surface area contributed by atoms with Crippen LogP contribution < -0.4 is 10.6 Å². The van der Waals surface area contributed by atoms with Crippen molar-refractivity contribution in [2.24, 2.45) is 0 Å². The largest absolute Gasteiger partial charge is 0.352 e. The fourth-order valence-electron chi connectivity index (χ4n) is 3.26. The smallest absolute Gasteiger partial charge is 0.251 e. The lowest BCUT2D eigenvalue weighted by atomic mass is 9.97. The number of halogens is 1. The number of amides is 2. The van der Waals surface area contributed by atoms with Gasteiger partial charge in [-0.2, -0.15) is 0 Å². The van der Waals surface area contributed by atoms with Crippen LogP contribution in [0.1, 0.15) is 58.4 Å². The van der Waals surface area contributed by atoms with E-state index in [1.165, 1.54) is 18.4 Å². The third-order valence-corrected chi connectivity index (χ3v) is 5.29. The van der Waals surface area contributed by atoms with E-state index in [2.05, 4.69) is 16.7 Å². The maximum Gasteiger partial charge on any atom is 0.251 e. The van der Waals surface area contributed by atoms with E-state index in [1.54, 1.807) is 30.3 Å². The van der Waals surface area contributed by atoms with E-state index in [0.717, 1.165) is 24.8 Å². The van der Waals surface area contributed by atoms with Crippen LogP contribution in [0, 0.1) is 0 Å². The number of allylic oxidation sites excluding steroid dienone is 1. The van der Waals surface area contributed by atoms with E-state index >= 15 is 0 Å². The summed E-state index contributed by atoms with van der Waals surface area (Å²) in [4.78, 5) is 24.6. The van der Waals surface area contributed by atoms with Gasteiger partial charge in [0, 0.05) is 29.2 Å². The predicted octanol–water partition coefficient (Wildman–Crippen LogP) is 4.89. The Morgan fingerprint density at radius 2 is 1.57 bits per heavy atom. The monoisotopic (exact) mass is 396 g/mol. The van der Waals surface area contributed by atoms with Crippen LogP contribution in [0.25, 0.3) is 0 Å². The second kappa shape index (κ2) is 10.1. The highest BCUT2D eigenvalue weighted by Crippen LogP contribution is 2.19. The summed E-state index contributed by atoms with van der Waals surface area (Å²) >= 11 is 6.10. The molecule has 1 aliphatic carbocycles. The van der Waals surface area contributed by atoms with Gasteiger partial charge in [0.1, 0.15) is 0 Å². The Hall–Kier alpha value is -2.59. The molecule has 2 N–H and O–H groups in total. The average molecular weight is 397 g/mol. The van der Waals surface area contributed by atoms with E-state index in [0.29, 0.717) is 29.2 Å². The molecular weight excluding hydrogens is 372 g/mol. The number of benzene rings is 2. The maximum absolute atomic E-state index is 12.3. The van der Waals surface area contributed by atoms with Crippen LogP contribution in [0.2, 0.25) is 5.02 Å². The maximum atomic E-state index is 12.3. The molecule has 0 saturated heterocycles. The van der Waals surface area contributed by atoms with Crippen molar-refractivity contribution in [2.45, 2.75) is 38.6 Å². The Morgan fingerprint density at radius 3 is 2.21 bits per heavy atom. The zero-order chi connectivity index (χ0) is 19.8. The van der Waals surface area contributed by atoms with Crippen molar-refractivity contribution in [3.05, 3.63) is 81.9 Å². The number of carbonyl (C=O) groups is 2. The highest BCUT2D eigenvalue weighted by molar-refractivity contribution is 6.31. The molecule has 28 heavy (non-hydrogen) atoms. The topological polar surface area (TPSA) is 58.2 Å². The molecule has 0 unspecified atom stereocenters. The summed E-state index contributed by atoms with van der Waals surface area (Å²) in [6.45, 7) is 1.00. The fraction of sp³-hybridized carbons (Fsp3) is 0.304. The van der Waals surface area contributed by atoms with Gasteiger partial charge in [0.25, 0.3) is 11.8 Å². The summed E-state index contributed by atoms with van der Waals surface area (Å²) in [7, 11) is 0. The van der Waals surface area contributed by atoms with Gasteiger partial charge in [0.05, 0.1) is 0 Å². The second-order valence-corrected chi connectivity index (χ2v) is 7.37. The number of carbonyl (C=O) groups excluding carboxylic acids is 2. The molecule has 0 bridgehead atoms. The second-order valence-electron chi connectivity index (χ2n) is 6.97. The lowest BCUT2D eigenvalue weighted by Gasteiger charge is -2.13. The van der Waals surface area contributed by atoms with E-state index in [4.69, 9.17) is 11.6 Å². The van der Waals surface area contributed by atoms with E-state index in [9.17, 15) is 9.59 Å². The van der Waals surface area contributed by atoms with Crippen LogP contribution in [-0.4, -0.2) is 18.4 Å². The van der Waals surface area contributed by atoms with Gasteiger partial charge < -0.3 is 10.6 Å². The minimum absolute atomic E-state index is 0.112. The molecule has 0 spiro atoms. The predicted molar refractivity (Wildman–Crippen MR) is 113 cm³/mol. The summed E-state index contributed by atoms with van der Waals surface area (Å²) in [6, 6.07) is 14.1. The standard InChI is InChI=1S/C23H25ClN2O2/c24-21-9-5-4-8-20(21)16-26-23(28)19-12-10-18(11-13-19)22(27)25-15-14-17-6-2-1-3-7-17/h4-6,8-13H,1-3,7,14-16H2,(H,25,27)(H,26,28). The molecule has 2 aromatic rings. The van der Waals surface area contributed by atoms with Gasteiger partial charge in [-0.05, 0) is 68.0 Å². The van der Waals surface area contributed by atoms with Crippen LogP contribution in [0.4, 0.5) is 0 Å². The molecule has 0 radical (unpaired) electrons. The highest BCUT2D eigenvalue weighted by atomic mass is 35.5. The number of nitrogens with one attached hydrogen (secondary N) is 2. The Kier molecular flexibility index (Phi) is 7.26. The molecule has 1 aliphatic rings. The Bertz CT molecular complexity index is 859. The van der Waals surface area contributed by atoms with Crippen molar-refractivity contribution in [3.8, 4) is 0 Å². The molecule has 2 aromatic carbocycles. The number of rotatable bonds is 7. The fourth-order valence-corrected chi connectivity index (χ4v) is 3.47. The van der Waals surface area contributed by atoms with Crippen molar-refractivity contribution >= 4 is 23.4 Å². The zero-order valence-corrected chi connectivity index (χ0v) is 16.6. The van der Waals surface area contributed by atoms with Crippen molar-refractivity contribution in [2.75, 3.05) is 6.54 Å². The van der Waals surface area contributed by atoms with Crippen LogP contribution in [0.3, 0.4) is 0 Å². The van der Waals surface area contributed by atoms with Gasteiger partial charge >= 0.3 is 0 Å². The summed E-state index contributed by atoms with van der Waals surface area (Å²) in [6.07, 6.45) is 8.03. The first-order valence-electron chi connectivity index (χ1n) is 9.71. The zero-order valence-electron chi connectivity index (χ0n) is 15.8. The minimum Gasteiger partial charge on any atom is -0.352 e. The quantitative estimate of drug-likeness (QED) is 0.654. The van der Waals surface area contributed by atoms with Crippen molar-refractivity contribution in [1.29, 1.82) is 0 Å². The minimum atomic E-state index is -0.198. The molecular formula is C23H25ClN2O2. The van der Waals surface area contributed by atoms with E-state index in [1.807, 2.05) is 18.2 Å². The lowest BCUT2D eigenvalue weighted by molar-refractivity contribution is 0.0940. The normalized spacial score (nSPS) is 13.5. The molecule has 5 heteroatoms. The molecule has 0 saturated carbocycles. The van der Waals surface area contributed by atoms with E-state index in [-0.39, 0.29) is 11.8 Å². The molecule has 4 nitrogen and oxygen atoms in total. The van der Waals surface area contributed by atoms with Gasteiger partial charge in [0.15, 0.2) is 0 Å². The average Bonchev–Trinajstić information content (AvgIpc) is 2.74. The molecule has 0 aromatic heterocycles. The van der Waals surface area contributed by atoms with Gasteiger partial charge in [0.2, 0.25) is 0 Å².